The fraction of sp³-hybridized carbons (Fsp3) is 0.417. The van der Waals surface area contributed by atoms with Crippen LogP contribution in [0.3, 0.4) is 0 Å². The highest BCUT2D eigenvalue weighted by Gasteiger charge is 2.09. The van der Waals surface area contributed by atoms with E-state index in [9.17, 15) is 9.59 Å². The minimum atomic E-state index is -0.344. The van der Waals surface area contributed by atoms with E-state index in [0.29, 0.717) is 13.0 Å². The van der Waals surface area contributed by atoms with Crippen LogP contribution >= 0.6 is 11.6 Å². The van der Waals surface area contributed by atoms with Crippen molar-refractivity contribution >= 4 is 23.4 Å². The average molecular weight is 270 g/mol. The summed E-state index contributed by atoms with van der Waals surface area (Å²) in [5.41, 5.74) is 0.932. The van der Waals surface area contributed by atoms with Gasteiger partial charge in [-0.3, -0.25) is 14.6 Å². The highest BCUT2D eigenvalue weighted by Crippen LogP contribution is 1.96. The first-order valence-corrected chi connectivity index (χ1v) is 6.13. The summed E-state index contributed by atoms with van der Waals surface area (Å²) in [7, 11) is 1.69. The molecule has 1 N–H and O–H groups in total. The van der Waals surface area contributed by atoms with E-state index in [1.807, 2.05) is 18.2 Å². The number of carbonyl (C=O) groups excluding carboxylic acids is 2. The standard InChI is InChI=1S/C12H16ClN3O2/c1-16(12(18)9-15-11(17)8-13)7-5-10-4-2-3-6-14-10/h2-4,6H,5,7-9H2,1H3,(H,15,17). The number of nitrogens with one attached hydrogen (secondary N) is 1. The van der Waals surface area contributed by atoms with Crippen LogP contribution in [-0.4, -0.2) is 47.7 Å². The Labute approximate surface area is 111 Å². The van der Waals surface area contributed by atoms with E-state index >= 15 is 0 Å². The fourth-order valence-corrected chi connectivity index (χ4v) is 1.40. The van der Waals surface area contributed by atoms with E-state index in [1.54, 1.807) is 18.1 Å². The van der Waals surface area contributed by atoms with Crippen molar-refractivity contribution < 1.29 is 9.59 Å². The van der Waals surface area contributed by atoms with E-state index in [1.165, 1.54) is 0 Å². The predicted octanol–water partition coefficient (Wildman–Crippen LogP) is 0.438. The smallest absolute Gasteiger partial charge is 0.241 e. The van der Waals surface area contributed by atoms with Crippen LogP contribution in [0.25, 0.3) is 0 Å². The van der Waals surface area contributed by atoms with E-state index in [4.69, 9.17) is 11.6 Å². The minimum absolute atomic E-state index is 0.0235. The highest BCUT2D eigenvalue weighted by molar-refractivity contribution is 6.27. The monoisotopic (exact) mass is 269 g/mol. The molecule has 0 atom stereocenters. The molecule has 2 amide bonds. The summed E-state index contributed by atoms with van der Waals surface area (Å²) in [5.74, 6) is -0.627. The Morgan fingerprint density at radius 3 is 2.83 bits per heavy atom. The maximum absolute atomic E-state index is 11.6. The van der Waals surface area contributed by atoms with Crippen LogP contribution in [0.5, 0.6) is 0 Å². The molecule has 0 aliphatic carbocycles. The molecule has 18 heavy (non-hydrogen) atoms. The summed E-state index contributed by atoms with van der Waals surface area (Å²) in [5, 5.41) is 2.43. The maximum atomic E-state index is 11.6. The third-order valence-corrected chi connectivity index (χ3v) is 2.66. The molecule has 0 aliphatic heterocycles. The highest BCUT2D eigenvalue weighted by atomic mass is 35.5. The molecule has 0 saturated carbocycles. The van der Waals surface area contributed by atoms with Crippen molar-refractivity contribution in [1.29, 1.82) is 0 Å². The van der Waals surface area contributed by atoms with Crippen LogP contribution in [0.4, 0.5) is 0 Å². The van der Waals surface area contributed by atoms with E-state index in [-0.39, 0.29) is 24.2 Å². The van der Waals surface area contributed by atoms with Gasteiger partial charge in [-0.05, 0) is 12.1 Å². The number of hydrogen-bond acceptors (Lipinski definition) is 3. The third-order valence-electron chi connectivity index (χ3n) is 2.41. The maximum Gasteiger partial charge on any atom is 0.241 e. The molecule has 0 aliphatic rings. The largest absolute Gasteiger partial charge is 0.346 e. The summed E-state index contributed by atoms with van der Waals surface area (Å²) in [6.07, 6.45) is 2.41. The number of nitrogens with zero attached hydrogens (tertiary/aromatic N) is 2. The Morgan fingerprint density at radius 1 is 1.44 bits per heavy atom. The molecule has 0 saturated heterocycles. The summed E-state index contributed by atoms with van der Waals surface area (Å²) >= 11 is 5.31. The minimum Gasteiger partial charge on any atom is -0.346 e. The molecule has 5 nitrogen and oxygen atoms in total. The van der Waals surface area contributed by atoms with Crippen LogP contribution in [-0.2, 0) is 16.0 Å². The fourth-order valence-electron chi connectivity index (χ4n) is 1.31. The van der Waals surface area contributed by atoms with Gasteiger partial charge in [0.05, 0.1) is 6.54 Å². The van der Waals surface area contributed by atoms with Gasteiger partial charge in [0.1, 0.15) is 5.88 Å². The van der Waals surface area contributed by atoms with Gasteiger partial charge in [-0.15, -0.1) is 11.6 Å². The van der Waals surface area contributed by atoms with Crippen molar-refractivity contribution in [3.63, 3.8) is 0 Å². The lowest BCUT2D eigenvalue weighted by molar-refractivity contribution is -0.131. The van der Waals surface area contributed by atoms with Crippen LogP contribution < -0.4 is 5.32 Å². The van der Waals surface area contributed by atoms with Gasteiger partial charge in [-0.2, -0.15) is 0 Å². The van der Waals surface area contributed by atoms with Crippen molar-refractivity contribution in [3.05, 3.63) is 30.1 Å². The summed E-state index contributed by atoms with van der Waals surface area (Å²) in [6, 6.07) is 5.67. The van der Waals surface area contributed by atoms with E-state index in [2.05, 4.69) is 10.3 Å². The molecule has 0 spiro atoms. The molecular formula is C12H16ClN3O2. The molecule has 1 rings (SSSR count). The van der Waals surface area contributed by atoms with Gasteiger partial charge < -0.3 is 10.2 Å². The van der Waals surface area contributed by atoms with Gasteiger partial charge in [0.25, 0.3) is 0 Å². The molecule has 6 heteroatoms. The number of aromatic nitrogens is 1. The Hall–Kier alpha value is -1.62. The zero-order valence-corrected chi connectivity index (χ0v) is 11.0. The predicted molar refractivity (Wildman–Crippen MR) is 69.3 cm³/mol. The van der Waals surface area contributed by atoms with Gasteiger partial charge in [-0.1, -0.05) is 6.07 Å². The lowest BCUT2D eigenvalue weighted by Crippen LogP contribution is -2.39. The van der Waals surface area contributed by atoms with Crippen LogP contribution in [0.2, 0.25) is 0 Å². The Bertz CT molecular complexity index is 398. The van der Waals surface area contributed by atoms with Crippen molar-refractivity contribution in [2.24, 2.45) is 0 Å². The molecule has 98 valence electrons. The van der Waals surface area contributed by atoms with Crippen molar-refractivity contribution in [1.82, 2.24) is 15.2 Å². The first-order chi connectivity index (χ1) is 8.63. The van der Waals surface area contributed by atoms with Crippen molar-refractivity contribution in [2.45, 2.75) is 6.42 Å². The molecule has 0 fully saturated rings. The van der Waals surface area contributed by atoms with Gasteiger partial charge in [0, 0.05) is 31.9 Å². The zero-order chi connectivity index (χ0) is 13.4. The third kappa shape index (κ3) is 5.14. The Balaban J connectivity index is 2.30. The SMILES string of the molecule is CN(CCc1ccccn1)C(=O)CNC(=O)CCl. The number of halogens is 1. The molecule has 1 aromatic heterocycles. The Kier molecular flexibility index (Phi) is 6.14. The number of carbonyl (C=O) groups is 2. The second kappa shape index (κ2) is 7.66. The molecule has 0 radical (unpaired) electrons. The van der Waals surface area contributed by atoms with Crippen molar-refractivity contribution in [3.8, 4) is 0 Å². The number of alkyl halides is 1. The lowest BCUT2D eigenvalue weighted by Gasteiger charge is -2.17. The first kappa shape index (κ1) is 14.4. The van der Waals surface area contributed by atoms with Crippen LogP contribution in [0.15, 0.2) is 24.4 Å². The molecule has 0 bridgehead atoms. The number of amides is 2. The van der Waals surface area contributed by atoms with Crippen molar-refractivity contribution in [2.75, 3.05) is 26.0 Å². The van der Waals surface area contributed by atoms with Gasteiger partial charge in [0.2, 0.25) is 11.8 Å². The number of rotatable bonds is 6. The van der Waals surface area contributed by atoms with E-state index < -0.39 is 0 Å². The second-order valence-corrected chi connectivity index (χ2v) is 4.06. The quantitative estimate of drug-likeness (QED) is 0.762. The number of likely N-dealkylation sites (N-methyl/N-ethyl adjacent to an activating group) is 1. The summed E-state index contributed by atoms with van der Waals surface area (Å²) in [6.45, 7) is 0.539. The van der Waals surface area contributed by atoms with Gasteiger partial charge in [0.15, 0.2) is 0 Å². The molecule has 1 heterocycles. The van der Waals surface area contributed by atoms with Gasteiger partial charge >= 0.3 is 0 Å². The number of hydrogen-bond donors (Lipinski definition) is 1. The molecule has 0 unspecified atom stereocenters. The molecule has 1 aromatic rings. The van der Waals surface area contributed by atoms with E-state index in [0.717, 1.165) is 5.69 Å². The zero-order valence-electron chi connectivity index (χ0n) is 10.2. The topological polar surface area (TPSA) is 62.3 Å². The van der Waals surface area contributed by atoms with Gasteiger partial charge in [-0.25, -0.2) is 0 Å². The first-order valence-electron chi connectivity index (χ1n) is 5.60. The Morgan fingerprint density at radius 2 is 2.22 bits per heavy atom. The molecule has 0 aromatic carbocycles. The lowest BCUT2D eigenvalue weighted by atomic mass is 10.2. The van der Waals surface area contributed by atoms with Crippen LogP contribution in [0, 0.1) is 0 Å². The number of pyridine rings is 1. The molecular weight excluding hydrogens is 254 g/mol. The van der Waals surface area contributed by atoms with Crippen LogP contribution in [0.1, 0.15) is 5.69 Å². The normalized spacial score (nSPS) is 9.89. The second-order valence-electron chi connectivity index (χ2n) is 3.80. The summed E-state index contributed by atoms with van der Waals surface area (Å²) < 4.78 is 0. The average Bonchev–Trinajstić information content (AvgIpc) is 2.42. The summed E-state index contributed by atoms with van der Waals surface area (Å²) in [4.78, 5) is 28.3.